The number of aliphatic imine (C=N–C) groups is 1. The van der Waals surface area contributed by atoms with Crippen LogP contribution in [0.1, 0.15) is 31.2 Å². The van der Waals surface area contributed by atoms with E-state index in [1.54, 1.807) is 0 Å². The summed E-state index contributed by atoms with van der Waals surface area (Å²) in [5.41, 5.74) is 2.45. The lowest BCUT2D eigenvalue weighted by molar-refractivity contribution is 0.279. The minimum absolute atomic E-state index is 0. The minimum Gasteiger partial charge on any atom is -0.346 e. The van der Waals surface area contributed by atoms with Crippen LogP contribution in [0, 0.1) is 0 Å². The quantitative estimate of drug-likeness (QED) is 0.753. The molecule has 0 unspecified atom stereocenters. The van der Waals surface area contributed by atoms with E-state index in [1.807, 2.05) is 12.3 Å². The Morgan fingerprint density at radius 1 is 1.26 bits per heavy atom. The minimum atomic E-state index is 0. The van der Waals surface area contributed by atoms with Crippen molar-refractivity contribution in [2.75, 3.05) is 32.7 Å². The number of hydrogen-bond donors (Lipinski definition) is 1. The van der Waals surface area contributed by atoms with E-state index in [0.29, 0.717) is 5.92 Å². The maximum Gasteiger partial charge on any atom is 0.196 e. The predicted molar refractivity (Wildman–Crippen MR) is 105 cm³/mol. The summed E-state index contributed by atoms with van der Waals surface area (Å²) in [5.74, 6) is 1.85. The molecule has 4 heterocycles. The van der Waals surface area contributed by atoms with Gasteiger partial charge in [0.25, 0.3) is 0 Å². The van der Waals surface area contributed by atoms with Gasteiger partial charge in [0.1, 0.15) is 5.65 Å². The summed E-state index contributed by atoms with van der Waals surface area (Å²) >= 11 is 0. The summed E-state index contributed by atoms with van der Waals surface area (Å²) in [6.45, 7) is 7.52. The van der Waals surface area contributed by atoms with Crippen LogP contribution >= 0.6 is 24.0 Å². The van der Waals surface area contributed by atoms with E-state index in [2.05, 4.69) is 39.0 Å². The van der Waals surface area contributed by atoms with Gasteiger partial charge in [-0.3, -0.25) is 4.99 Å². The van der Waals surface area contributed by atoms with Crippen molar-refractivity contribution in [3.05, 3.63) is 30.1 Å². The van der Waals surface area contributed by atoms with Crippen LogP contribution in [-0.2, 0) is 0 Å². The van der Waals surface area contributed by atoms with E-state index in [0.717, 1.165) is 38.4 Å². The highest BCUT2D eigenvalue weighted by molar-refractivity contribution is 14.0. The number of aromatic amines is 1. The molecular formula is C17H24IN5. The van der Waals surface area contributed by atoms with Crippen molar-refractivity contribution >= 4 is 41.0 Å². The third-order valence-electron chi connectivity index (χ3n) is 4.99. The first-order valence-electron chi connectivity index (χ1n) is 8.33. The van der Waals surface area contributed by atoms with Gasteiger partial charge >= 0.3 is 0 Å². The molecule has 2 aliphatic heterocycles. The van der Waals surface area contributed by atoms with E-state index >= 15 is 0 Å². The number of likely N-dealkylation sites (tertiary alicyclic amines) is 1. The molecule has 2 aliphatic rings. The van der Waals surface area contributed by atoms with Crippen LogP contribution in [0.4, 0.5) is 0 Å². The lowest BCUT2D eigenvalue weighted by atomic mass is 9.89. The van der Waals surface area contributed by atoms with Crippen molar-refractivity contribution in [3.8, 4) is 0 Å². The molecule has 0 bridgehead atoms. The van der Waals surface area contributed by atoms with Crippen molar-refractivity contribution in [1.82, 2.24) is 19.8 Å². The molecule has 124 valence electrons. The van der Waals surface area contributed by atoms with Gasteiger partial charge in [0.05, 0.1) is 6.54 Å². The van der Waals surface area contributed by atoms with Crippen molar-refractivity contribution in [2.45, 2.75) is 25.7 Å². The average Bonchev–Trinajstić information content (AvgIpc) is 3.21. The van der Waals surface area contributed by atoms with E-state index in [-0.39, 0.29) is 24.0 Å². The highest BCUT2D eigenvalue weighted by Crippen LogP contribution is 2.32. The number of halogens is 1. The van der Waals surface area contributed by atoms with Gasteiger partial charge < -0.3 is 14.8 Å². The first kappa shape index (κ1) is 16.5. The molecule has 1 saturated heterocycles. The smallest absolute Gasteiger partial charge is 0.196 e. The number of piperidine rings is 1. The van der Waals surface area contributed by atoms with Gasteiger partial charge in [0.2, 0.25) is 0 Å². The molecule has 0 aliphatic carbocycles. The maximum absolute atomic E-state index is 4.70. The van der Waals surface area contributed by atoms with Crippen LogP contribution in [0.3, 0.4) is 0 Å². The molecular weight excluding hydrogens is 401 g/mol. The molecule has 4 rings (SSSR count). The summed E-state index contributed by atoms with van der Waals surface area (Å²) in [5, 5.41) is 1.29. The van der Waals surface area contributed by atoms with Crippen LogP contribution in [-0.4, -0.2) is 58.5 Å². The van der Waals surface area contributed by atoms with Crippen LogP contribution in [0.25, 0.3) is 11.0 Å². The molecule has 0 saturated carbocycles. The van der Waals surface area contributed by atoms with Gasteiger partial charge in [-0.2, -0.15) is 0 Å². The Bertz CT molecular complexity index is 687. The van der Waals surface area contributed by atoms with Gasteiger partial charge in [-0.15, -0.1) is 24.0 Å². The highest BCUT2D eigenvalue weighted by Gasteiger charge is 2.28. The largest absolute Gasteiger partial charge is 0.346 e. The molecule has 2 aromatic rings. The normalized spacial score (nSPS) is 19.1. The van der Waals surface area contributed by atoms with Gasteiger partial charge in [0.15, 0.2) is 5.96 Å². The number of likely N-dealkylation sites (N-methyl/N-ethyl adjacent to an activating group) is 1. The van der Waals surface area contributed by atoms with Crippen LogP contribution < -0.4 is 0 Å². The zero-order chi connectivity index (χ0) is 14.9. The molecule has 0 atom stereocenters. The monoisotopic (exact) mass is 425 g/mol. The van der Waals surface area contributed by atoms with Gasteiger partial charge in [-0.05, 0) is 43.4 Å². The molecule has 5 nitrogen and oxygen atoms in total. The van der Waals surface area contributed by atoms with E-state index in [4.69, 9.17) is 4.99 Å². The highest BCUT2D eigenvalue weighted by atomic mass is 127. The number of fused-ring (bicyclic) bond motifs is 1. The first-order valence-corrected chi connectivity index (χ1v) is 8.33. The number of hydrogen-bond acceptors (Lipinski definition) is 4. The van der Waals surface area contributed by atoms with E-state index < -0.39 is 0 Å². The Balaban J connectivity index is 0.00000156. The Morgan fingerprint density at radius 3 is 2.87 bits per heavy atom. The van der Waals surface area contributed by atoms with Crippen molar-refractivity contribution in [1.29, 1.82) is 0 Å². The summed E-state index contributed by atoms with van der Waals surface area (Å²) < 4.78 is 0. The topological polar surface area (TPSA) is 47.5 Å². The number of pyridine rings is 1. The first-order chi connectivity index (χ1) is 10.9. The van der Waals surface area contributed by atoms with Gasteiger partial charge in [-0.25, -0.2) is 4.98 Å². The molecule has 0 amide bonds. The fourth-order valence-corrected chi connectivity index (χ4v) is 3.78. The summed E-state index contributed by atoms with van der Waals surface area (Å²) in [4.78, 5) is 17.3. The van der Waals surface area contributed by atoms with Crippen molar-refractivity contribution < 1.29 is 0 Å². The molecule has 2 aromatic heterocycles. The number of guanidine groups is 1. The molecule has 23 heavy (non-hydrogen) atoms. The Hall–Kier alpha value is -1.31. The third kappa shape index (κ3) is 3.05. The van der Waals surface area contributed by atoms with E-state index in [1.165, 1.54) is 29.8 Å². The van der Waals surface area contributed by atoms with E-state index in [9.17, 15) is 0 Å². The summed E-state index contributed by atoms with van der Waals surface area (Å²) in [7, 11) is 0. The zero-order valence-electron chi connectivity index (χ0n) is 13.5. The standard InChI is InChI=1S/C17H23N5.HI/c1-2-21-11-8-19-17(21)22-9-5-13(6-10-22)15-12-20-16-14(15)4-3-7-18-16;/h3-4,7,12-13H,2,5-6,8-11H2,1H3,(H,18,20);1H. The summed E-state index contributed by atoms with van der Waals surface area (Å²) in [6, 6.07) is 4.21. The number of nitrogens with zero attached hydrogens (tertiary/aromatic N) is 4. The second-order valence-electron chi connectivity index (χ2n) is 6.17. The van der Waals surface area contributed by atoms with Crippen LogP contribution in [0.15, 0.2) is 29.5 Å². The second-order valence-corrected chi connectivity index (χ2v) is 6.17. The fourth-order valence-electron chi connectivity index (χ4n) is 3.78. The van der Waals surface area contributed by atoms with Crippen LogP contribution in [0.5, 0.6) is 0 Å². The zero-order valence-corrected chi connectivity index (χ0v) is 15.9. The van der Waals surface area contributed by atoms with Gasteiger partial charge in [-0.1, -0.05) is 0 Å². The Kier molecular flexibility index (Phi) is 5.08. The SMILES string of the molecule is CCN1CCN=C1N1CCC(c2c[nH]c3ncccc23)CC1.I. The molecule has 0 aromatic carbocycles. The Labute approximate surface area is 154 Å². The maximum atomic E-state index is 4.70. The second kappa shape index (κ2) is 7.07. The predicted octanol–water partition coefficient (Wildman–Crippen LogP) is 3.05. The number of H-pyrrole nitrogens is 1. The third-order valence-corrected chi connectivity index (χ3v) is 4.99. The van der Waals surface area contributed by atoms with Crippen LogP contribution in [0.2, 0.25) is 0 Å². The molecule has 1 N–H and O–H groups in total. The lowest BCUT2D eigenvalue weighted by Gasteiger charge is -2.36. The molecule has 0 spiro atoms. The van der Waals surface area contributed by atoms with Crippen molar-refractivity contribution in [2.24, 2.45) is 4.99 Å². The molecule has 6 heteroatoms. The van der Waals surface area contributed by atoms with Gasteiger partial charge in [0, 0.05) is 44.0 Å². The fraction of sp³-hybridized carbons (Fsp3) is 0.529. The summed E-state index contributed by atoms with van der Waals surface area (Å²) in [6.07, 6.45) is 6.39. The lowest BCUT2D eigenvalue weighted by Crippen LogP contribution is -2.45. The molecule has 1 fully saturated rings. The number of rotatable bonds is 2. The average molecular weight is 425 g/mol. The Morgan fingerprint density at radius 2 is 2.09 bits per heavy atom. The van der Waals surface area contributed by atoms with Crippen molar-refractivity contribution in [3.63, 3.8) is 0 Å². The number of aromatic nitrogens is 2. The molecule has 0 radical (unpaired) electrons. The number of nitrogens with one attached hydrogen (secondary N) is 1.